The molecular formula is C14H23ClN2O. The summed E-state index contributed by atoms with van der Waals surface area (Å²) in [6, 6.07) is 0. The highest BCUT2D eigenvalue weighted by Gasteiger charge is 2.55. The molecule has 0 heterocycles. The fourth-order valence-corrected chi connectivity index (χ4v) is 5.40. The minimum absolute atomic E-state index is 0.00377. The molecule has 0 aromatic heterocycles. The Morgan fingerprint density at radius 1 is 1.22 bits per heavy atom. The van der Waals surface area contributed by atoms with Crippen LogP contribution in [-0.2, 0) is 4.79 Å². The van der Waals surface area contributed by atoms with Gasteiger partial charge in [0.15, 0.2) is 0 Å². The third-order valence-corrected chi connectivity index (χ3v) is 5.96. The Kier molecular flexibility index (Phi) is 3.31. The second kappa shape index (κ2) is 4.68. The summed E-state index contributed by atoms with van der Waals surface area (Å²) in [5.41, 5.74) is 5.52. The molecule has 4 saturated carbocycles. The molecule has 1 unspecified atom stereocenters. The largest absolute Gasteiger partial charge is 0.354 e. The monoisotopic (exact) mass is 270 g/mol. The summed E-state index contributed by atoms with van der Waals surface area (Å²) in [5.74, 6) is 2.50. The van der Waals surface area contributed by atoms with Crippen molar-refractivity contribution in [3.8, 4) is 0 Å². The van der Waals surface area contributed by atoms with E-state index in [4.69, 9.17) is 17.3 Å². The van der Waals surface area contributed by atoms with Crippen molar-refractivity contribution < 1.29 is 4.79 Å². The van der Waals surface area contributed by atoms with E-state index in [-0.39, 0.29) is 16.7 Å². The molecule has 3 nitrogen and oxygen atoms in total. The fourth-order valence-electron chi connectivity index (χ4n) is 5.05. The van der Waals surface area contributed by atoms with E-state index in [0.29, 0.717) is 13.1 Å². The Morgan fingerprint density at radius 3 is 2.17 bits per heavy atom. The molecule has 18 heavy (non-hydrogen) atoms. The van der Waals surface area contributed by atoms with Crippen molar-refractivity contribution in [1.82, 2.24) is 5.32 Å². The Labute approximate surface area is 114 Å². The van der Waals surface area contributed by atoms with Gasteiger partial charge in [0, 0.05) is 13.1 Å². The Morgan fingerprint density at radius 2 is 1.72 bits per heavy atom. The molecule has 4 aliphatic carbocycles. The van der Waals surface area contributed by atoms with E-state index in [0.717, 1.165) is 17.8 Å². The minimum Gasteiger partial charge on any atom is -0.354 e. The zero-order valence-corrected chi connectivity index (χ0v) is 11.6. The molecule has 1 atom stereocenters. The Bertz CT molecular complexity index is 309. The van der Waals surface area contributed by atoms with Gasteiger partial charge in [-0.05, 0) is 61.7 Å². The number of hydrogen-bond donors (Lipinski definition) is 2. The normalized spacial score (nSPS) is 42.9. The van der Waals surface area contributed by atoms with Crippen LogP contribution in [0, 0.1) is 23.2 Å². The first-order valence-corrected chi connectivity index (χ1v) is 7.68. The predicted octanol–water partition coefficient (Wildman–Crippen LogP) is 1.89. The van der Waals surface area contributed by atoms with Crippen molar-refractivity contribution in [2.75, 3.05) is 13.1 Å². The van der Waals surface area contributed by atoms with E-state index < -0.39 is 0 Å². The zero-order valence-electron chi connectivity index (χ0n) is 10.8. The first-order chi connectivity index (χ1) is 8.63. The van der Waals surface area contributed by atoms with Crippen LogP contribution in [-0.4, -0.2) is 24.4 Å². The maximum absolute atomic E-state index is 12.1. The standard InChI is InChI=1S/C14H23ClN2O/c15-12(13(18)17-2-1-16)14-6-9-3-10(7-14)5-11(4-9)8-14/h9-12H,1-8,16H2,(H,17,18). The molecule has 0 spiro atoms. The average Bonchev–Trinajstić information content (AvgIpc) is 2.33. The van der Waals surface area contributed by atoms with Gasteiger partial charge < -0.3 is 11.1 Å². The molecule has 0 aromatic rings. The van der Waals surface area contributed by atoms with Crippen LogP contribution in [0.15, 0.2) is 0 Å². The molecule has 4 heteroatoms. The third-order valence-electron chi connectivity index (χ3n) is 5.30. The second-order valence-electron chi connectivity index (χ2n) is 6.72. The lowest BCUT2D eigenvalue weighted by Crippen LogP contribution is -2.54. The quantitative estimate of drug-likeness (QED) is 0.767. The van der Waals surface area contributed by atoms with Gasteiger partial charge in [-0.2, -0.15) is 0 Å². The van der Waals surface area contributed by atoms with Crippen LogP contribution in [0.25, 0.3) is 0 Å². The molecule has 4 rings (SSSR count). The molecule has 1 amide bonds. The van der Waals surface area contributed by atoms with Gasteiger partial charge in [0.25, 0.3) is 0 Å². The number of alkyl halides is 1. The fraction of sp³-hybridized carbons (Fsp3) is 0.929. The SMILES string of the molecule is NCCNC(=O)C(Cl)C12CC3CC(CC(C3)C1)C2. The van der Waals surface area contributed by atoms with Gasteiger partial charge in [0.2, 0.25) is 5.91 Å². The van der Waals surface area contributed by atoms with Crippen LogP contribution in [0.5, 0.6) is 0 Å². The van der Waals surface area contributed by atoms with Crippen LogP contribution >= 0.6 is 11.6 Å². The molecule has 0 aromatic carbocycles. The number of halogens is 1. The van der Waals surface area contributed by atoms with Crippen LogP contribution in [0.4, 0.5) is 0 Å². The van der Waals surface area contributed by atoms with Crippen LogP contribution in [0.1, 0.15) is 38.5 Å². The smallest absolute Gasteiger partial charge is 0.238 e. The summed E-state index contributed by atoms with van der Waals surface area (Å²) < 4.78 is 0. The molecule has 102 valence electrons. The summed E-state index contributed by atoms with van der Waals surface area (Å²) >= 11 is 6.53. The maximum Gasteiger partial charge on any atom is 0.238 e. The van der Waals surface area contributed by atoms with E-state index in [1.54, 1.807) is 0 Å². The number of rotatable bonds is 4. The highest BCUT2D eigenvalue weighted by atomic mass is 35.5. The predicted molar refractivity (Wildman–Crippen MR) is 72.3 cm³/mol. The van der Waals surface area contributed by atoms with Crippen molar-refractivity contribution in [3.63, 3.8) is 0 Å². The van der Waals surface area contributed by atoms with Gasteiger partial charge in [0.05, 0.1) is 0 Å². The third kappa shape index (κ3) is 2.05. The lowest BCUT2D eigenvalue weighted by molar-refractivity contribution is -0.128. The first kappa shape index (κ1) is 12.7. The van der Waals surface area contributed by atoms with E-state index >= 15 is 0 Å². The van der Waals surface area contributed by atoms with Crippen LogP contribution in [0.3, 0.4) is 0 Å². The molecule has 0 aliphatic heterocycles. The summed E-state index contributed by atoms with van der Waals surface area (Å²) in [4.78, 5) is 12.1. The number of carbonyl (C=O) groups is 1. The topological polar surface area (TPSA) is 55.1 Å². The van der Waals surface area contributed by atoms with Gasteiger partial charge >= 0.3 is 0 Å². The van der Waals surface area contributed by atoms with Gasteiger partial charge in [-0.25, -0.2) is 0 Å². The Hall–Kier alpha value is -0.280. The highest BCUT2D eigenvalue weighted by Crippen LogP contribution is 2.62. The van der Waals surface area contributed by atoms with Crippen LogP contribution < -0.4 is 11.1 Å². The molecule has 0 radical (unpaired) electrons. The number of hydrogen-bond acceptors (Lipinski definition) is 2. The van der Waals surface area contributed by atoms with Gasteiger partial charge in [-0.15, -0.1) is 11.6 Å². The van der Waals surface area contributed by atoms with Crippen molar-refractivity contribution >= 4 is 17.5 Å². The first-order valence-electron chi connectivity index (χ1n) is 7.25. The second-order valence-corrected chi connectivity index (χ2v) is 7.16. The maximum atomic E-state index is 12.1. The molecule has 4 fully saturated rings. The number of carbonyl (C=O) groups excluding carboxylic acids is 1. The highest BCUT2D eigenvalue weighted by molar-refractivity contribution is 6.31. The lowest BCUT2D eigenvalue weighted by Gasteiger charge is -2.58. The lowest BCUT2D eigenvalue weighted by atomic mass is 9.48. The van der Waals surface area contributed by atoms with E-state index in [1.807, 2.05) is 0 Å². The van der Waals surface area contributed by atoms with Crippen molar-refractivity contribution in [1.29, 1.82) is 0 Å². The van der Waals surface area contributed by atoms with Crippen molar-refractivity contribution in [2.45, 2.75) is 43.9 Å². The number of nitrogens with two attached hydrogens (primary N) is 1. The van der Waals surface area contributed by atoms with Crippen molar-refractivity contribution in [2.24, 2.45) is 28.9 Å². The summed E-state index contributed by atoms with van der Waals surface area (Å²) in [6.07, 6.45) is 7.66. The van der Waals surface area contributed by atoms with E-state index in [9.17, 15) is 4.79 Å². The average molecular weight is 271 g/mol. The summed E-state index contributed by atoms with van der Waals surface area (Å²) in [7, 11) is 0. The molecular weight excluding hydrogens is 248 g/mol. The van der Waals surface area contributed by atoms with Gasteiger partial charge in [-0.3, -0.25) is 4.79 Å². The van der Waals surface area contributed by atoms with E-state index in [1.165, 1.54) is 38.5 Å². The van der Waals surface area contributed by atoms with Gasteiger partial charge in [-0.1, -0.05) is 0 Å². The zero-order chi connectivity index (χ0) is 12.8. The molecule has 0 saturated heterocycles. The summed E-state index contributed by atoms with van der Waals surface area (Å²) in [6.45, 7) is 1.02. The molecule has 3 N–H and O–H groups in total. The van der Waals surface area contributed by atoms with Crippen LogP contribution in [0.2, 0.25) is 0 Å². The van der Waals surface area contributed by atoms with Crippen molar-refractivity contribution in [3.05, 3.63) is 0 Å². The molecule has 4 aliphatic rings. The molecule has 4 bridgehead atoms. The summed E-state index contributed by atoms with van der Waals surface area (Å²) in [5, 5.41) is 2.51. The van der Waals surface area contributed by atoms with E-state index in [2.05, 4.69) is 5.32 Å². The minimum atomic E-state index is -0.350. The van der Waals surface area contributed by atoms with Gasteiger partial charge in [0.1, 0.15) is 5.38 Å². The number of nitrogens with one attached hydrogen (secondary N) is 1. The number of amides is 1. The Balaban J connectivity index is 1.72.